The number of carbonyl (C=O) groups excluding carboxylic acids is 1. The summed E-state index contributed by atoms with van der Waals surface area (Å²) in [5, 5.41) is 9.77. The highest BCUT2D eigenvalue weighted by molar-refractivity contribution is 8.00. The number of carbonyl (C=O) groups is 1. The van der Waals surface area contributed by atoms with Gasteiger partial charge in [-0.3, -0.25) is 9.36 Å². The molecule has 0 saturated carbocycles. The summed E-state index contributed by atoms with van der Waals surface area (Å²) in [4.78, 5) is 16.2. The summed E-state index contributed by atoms with van der Waals surface area (Å²) in [6.07, 6.45) is 0.981. The first-order valence-electron chi connectivity index (χ1n) is 9.71. The lowest BCUT2D eigenvalue weighted by molar-refractivity contribution is -0.116. The van der Waals surface area contributed by atoms with Gasteiger partial charge in [-0.25, -0.2) is 0 Å². The van der Waals surface area contributed by atoms with Crippen LogP contribution < -0.4 is 4.90 Å². The molecule has 1 atom stereocenters. The van der Waals surface area contributed by atoms with E-state index in [1.54, 1.807) is 0 Å². The van der Waals surface area contributed by atoms with Crippen LogP contribution in [-0.2, 0) is 4.79 Å². The standard InChI is InChI=1S/C22H24N4OS2/c1-15-8-10-18(11-9-15)26-17(3)23-24-22(26)28-14-21(27)25-13-12-16(2)29-20-7-5-4-6-19(20)25/h4-11,16H,12-14H2,1-3H3/t16-/m0/s1. The van der Waals surface area contributed by atoms with Gasteiger partial charge in [-0.05, 0) is 44.5 Å². The van der Waals surface area contributed by atoms with Crippen molar-refractivity contribution >= 4 is 35.1 Å². The highest BCUT2D eigenvalue weighted by atomic mass is 32.2. The number of rotatable bonds is 4. The summed E-state index contributed by atoms with van der Waals surface area (Å²) >= 11 is 3.29. The van der Waals surface area contributed by atoms with Crippen LogP contribution in [0, 0.1) is 13.8 Å². The average molecular weight is 425 g/mol. The Labute approximate surface area is 179 Å². The molecule has 0 aliphatic carbocycles. The molecule has 2 heterocycles. The van der Waals surface area contributed by atoms with Crippen LogP contribution in [0.1, 0.15) is 24.7 Å². The second-order valence-corrected chi connectivity index (χ2v) is 9.64. The Kier molecular flexibility index (Phi) is 5.96. The maximum atomic E-state index is 13.1. The van der Waals surface area contributed by atoms with Crippen LogP contribution in [0.3, 0.4) is 0 Å². The molecule has 0 bridgehead atoms. The summed E-state index contributed by atoms with van der Waals surface area (Å²) in [5.74, 6) is 1.25. The molecule has 0 fully saturated rings. The van der Waals surface area contributed by atoms with Gasteiger partial charge >= 0.3 is 0 Å². The fraction of sp³-hybridized carbons (Fsp3) is 0.318. The van der Waals surface area contributed by atoms with Crippen LogP contribution in [0.5, 0.6) is 0 Å². The van der Waals surface area contributed by atoms with Crippen molar-refractivity contribution in [3.05, 3.63) is 59.9 Å². The molecule has 29 heavy (non-hydrogen) atoms. The van der Waals surface area contributed by atoms with E-state index in [9.17, 15) is 4.79 Å². The Morgan fingerprint density at radius 3 is 2.69 bits per heavy atom. The smallest absolute Gasteiger partial charge is 0.237 e. The lowest BCUT2D eigenvalue weighted by Crippen LogP contribution is -2.33. The van der Waals surface area contributed by atoms with Crippen molar-refractivity contribution in [1.82, 2.24) is 14.8 Å². The third kappa shape index (κ3) is 4.36. The maximum Gasteiger partial charge on any atom is 0.237 e. The van der Waals surface area contributed by atoms with Gasteiger partial charge < -0.3 is 4.90 Å². The Hall–Kier alpha value is -2.25. The minimum atomic E-state index is 0.105. The van der Waals surface area contributed by atoms with E-state index in [4.69, 9.17) is 0 Å². The lowest BCUT2D eigenvalue weighted by Gasteiger charge is -2.22. The Morgan fingerprint density at radius 1 is 1.14 bits per heavy atom. The van der Waals surface area contributed by atoms with Crippen LogP contribution >= 0.6 is 23.5 Å². The number of para-hydroxylation sites is 1. The molecule has 1 aromatic heterocycles. The van der Waals surface area contributed by atoms with Gasteiger partial charge in [-0.15, -0.1) is 22.0 Å². The molecule has 0 saturated heterocycles. The van der Waals surface area contributed by atoms with Gasteiger partial charge in [0.2, 0.25) is 5.91 Å². The zero-order valence-electron chi connectivity index (χ0n) is 16.8. The highest BCUT2D eigenvalue weighted by Crippen LogP contribution is 2.37. The van der Waals surface area contributed by atoms with Gasteiger partial charge in [-0.2, -0.15) is 0 Å². The Bertz CT molecular complexity index is 1020. The number of amides is 1. The quantitative estimate of drug-likeness (QED) is 0.558. The lowest BCUT2D eigenvalue weighted by atomic mass is 10.2. The summed E-state index contributed by atoms with van der Waals surface area (Å²) in [5.41, 5.74) is 3.23. The summed E-state index contributed by atoms with van der Waals surface area (Å²) in [6, 6.07) is 16.4. The largest absolute Gasteiger partial charge is 0.311 e. The topological polar surface area (TPSA) is 51.0 Å². The van der Waals surface area contributed by atoms with Gasteiger partial charge in [0, 0.05) is 22.4 Å². The monoisotopic (exact) mass is 424 g/mol. The van der Waals surface area contributed by atoms with Crippen LogP contribution in [0.4, 0.5) is 5.69 Å². The molecule has 0 unspecified atom stereocenters. The molecule has 0 spiro atoms. The molecule has 7 heteroatoms. The normalized spacial score (nSPS) is 16.4. The number of thioether (sulfide) groups is 2. The SMILES string of the molecule is Cc1ccc(-n2c(C)nnc2SCC(=O)N2CC[C@H](C)Sc3ccccc32)cc1. The van der Waals surface area contributed by atoms with E-state index in [2.05, 4.69) is 54.4 Å². The second-order valence-electron chi connectivity index (χ2n) is 7.22. The number of hydrogen-bond donors (Lipinski definition) is 0. The molecule has 5 nitrogen and oxygen atoms in total. The average Bonchev–Trinajstić information content (AvgIpc) is 2.99. The molecule has 3 aromatic rings. The van der Waals surface area contributed by atoms with Crippen molar-refractivity contribution in [3.8, 4) is 5.69 Å². The maximum absolute atomic E-state index is 13.1. The fourth-order valence-electron chi connectivity index (χ4n) is 3.38. The van der Waals surface area contributed by atoms with Gasteiger partial charge in [0.15, 0.2) is 5.16 Å². The number of hydrogen-bond acceptors (Lipinski definition) is 5. The van der Waals surface area contributed by atoms with Crippen molar-refractivity contribution < 1.29 is 4.79 Å². The highest BCUT2D eigenvalue weighted by Gasteiger charge is 2.24. The van der Waals surface area contributed by atoms with E-state index >= 15 is 0 Å². The first kappa shape index (κ1) is 20.0. The Morgan fingerprint density at radius 2 is 1.90 bits per heavy atom. The van der Waals surface area contributed by atoms with Crippen LogP contribution in [0.2, 0.25) is 0 Å². The van der Waals surface area contributed by atoms with Gasteiger partial charge in [0.25, 0.3) is 0 Å². The van der Waals surface area contributed by atoms with Crippen LogP contribution in [0.15, 0.2) is 58.6 Å². The van der Waals surface area contributed by atoms with E-state index in [-0.39, 0.29) is 5.91 Å². The van der Waals surface area contributed by atoms with E-state index in [0.29, 0.717) is 11.0 Å². The fourth-order valence-corrected chi connectivity index (χ4v) is 5.36. The minimum Gasteiger partial charge on any atom is -0.311 e. The van der Waals surface area contributed by atoms with E-state index in [1.165, 1.54) is 22.2 Å². The Balaban J connectivity index is 1.53. The molecular formula is C22H24N4OS2. The number of anilines is 1. The van der Waals surface area contributed by atoms with Crippen LogP contribution in [-0.4, -0.2) is 38.2 Å². The molecule has 1 aliphatic heterocycles. The summed E-state index contributed by atoms with van der Waals surface area (Å²) in [6.45, 7) is 6.96. The zero-order chi connectivity index (χ0) is 20.4. The molecular weight excluding hydrogens is 400 g/mol. The van der Waals surface area contributed by atoms with Gasteiger partial charge in [0.1, 0.15) is 5.82 Å². The summed E-state index contributed by atoms with van der Waals surface area (Å²) in [7, 11) is 0. The minimum absolute atomic E-state index is 0.105. The van der Waals surface area contributed by atoms with Crippen LogP contribution in [0.25, 0.3) is 5.69 Å². The molecule has 150 valence electrons. The van der Waals surface area contributed by atoms with Crippen molar-refractivity contribution in [1.29, 1.82) is 0 Å². The first-order chi connectivity index (χ1) is 14.0. The van der Waals surface area contributed by atoms with E-state index in [0.717, 1.165) is 35.3 Å². The molecule has 0 N–H and O–H groups in total. The van der Waals surface area contributed by atoms with Crippen molar-refractivity contribution in [2.45, 2.75) is 42.5 Å². The molecule has 1 amide bonds. The number of aromatic nitrogens is 3. The molecule has 4 rings (SSSR count). The predicted octanol–water partition coefficient (Wildman–Crippen LogP) is 4.89. The van der Waals surface area contributed by atoms with Crippen molar-refractivity contribution in [2.75, 3.05) is 17.2 Å². The third-order valence-corrected chi connectivity index (χ3v) is 7.11. The van der Waals surface area contributed by atoms with Gasteiger partial charge in [-0.1, -0.05) is 48.5 Å². The van der Waals surface area contributed by atoms with Gasteiger partial charge in [0.05, 0.1) is 11.4 Å². The molecule has 0 radical (unpaired) electrons. The summed E-state index contributed by atoms with van der Waals surface area (Å²) < 4.78 is 2.01. The predicted molar refractivity (Wildman–Crippen MR) is 120 cm³/mol. The van der Waals surface area contributed by atoms with E-state index < -0.39 is 0 Å². The first-order valence-corrected chi connectivity index (χ1v) is 11.6. The number of benzene rings is 2. The number of fused-ring (bicyclic) bond motifs is 1. The van der Waals surface area contributed by atoms with E-state index in [1.807, 2.05) is 46.4 Å². The zero-order valence-corrected chi connectivity index (χ0v) is 18.5. The third-order valence-electron chi connectivity index (χ3n) is 4.96. The molecule has 2 aromatic carbocycles. The number of aryl methyl sites for hydroxylation is 2. The van der Waals surface area contributed by atoms with Crippen molar-refractivity contribution in [3.63, 3.8) is 0 Å². The molecule has 1 aliphatic rings. The van der Waals surface area contributed by atoms with Crippen molar-refractivity contribution in [2.24, 2.45) is 0 Å². The number of nitrogens with zero attached hydrogens (tertiary/aromatic N) is 4. The second kappa shape index (κ2) is 8.63.